The molecule has 6 heteroatoms. The minimum Gasteiger partial charge on any atom is -0.510 e. The molecule has 0 saturated carbocycles. The monoisotopic (exact) mass is 868 g/mol. The molecule has 2 atom stereocenters. The predicted molar refractivity (Wildman–Crippen MR) is 208 cm³/mol. The molecule has 4 aromatic carbocycles. The summed E-state index contributed by atoms with van der Waals surface area (Å²) in [5, 5.41) is 2.27. The van der Waals surface area contributed by atoms with E-state index < -0.39 is 0 Å². The van der Waals surface area contributed by atoms with Gasteiger partial charge in [0, 0.05) is 23.2 Å². The molecule has 268 valence electrons. The molecule has 0 spiro atoms. The molecule has 52 heavy (non-hydrogen) atoms. The molecular formula is C46H47N3O2Pt. The third kappa shape index (κ3) is 5.90. The van der Waals surface area contributed by atoms with Crippen molar-refractivity contribution in [3.8, 4) is 17.3 Å². The van der Waals surface area contributed by atoms with Gasteiger partial charge in [-0.25, -0.2) is 4.98 Å². The van der Waals surface area contributed by atoms with E-state index in [4.69, 9.17) is 19.5 Å². The Bertz CT molecular complexity index is 2450. The van der Waals surface area contributed by atoms with E-state index in [1.54, 1.807) is 0 Å². The molecule has 3 heterocycles. The van der Waals surface area contributed by atoms with Crippen molar-refractivity contribution in [2.75, 3.05) is 0 Å². The van der Waals surface area contributed by atoms with Crippen LogP contribution >= 0.6 is 0 Å². The molecule has 2 aliphatic rings. The van der Waals surface area contributed by atoms with Crippen molar-refractivity contribution in [1.29, 1.82) is 0 Å². The first kappa shape index (κ1) is 36.2. The van der Waals surface area contributed by atoms with Crippen molar-refractivity contribution >= 4 is 27.7 Å². The fraction of sp³-hybridized carbons (Fsp3) is 0.348. The van der Waals surface area contributed by atoms with Gasteiger partial charge in [-0.3, -0.25) is 4.99 Å². The molecule has 6 aromatic rings. The number of ether oxygens (including phenoxy) is 2. The minimum atomic E-state index is -0.388. The molecule has 2 aromatic heterocycles. The van der Waals surface area contributed by atoms with Gasteiger partial charge in [0.05, 0.1) is 5.54 Å². The quantitative estimate of drug-likeness (QED) is 0.166. The summed E-state index contributed by atoms with van der Waals surface area (Å²) in [4.78, 5) is 10.2. The van der Waals surface area contributed by atoms with Gasteiger partial charge in [-0.15, -0.1) is 29.1 Å². The molecule has 0 fully saturated rings. The van der Waals surface area contributed by atoms with E-state index in [9.17, 15) is 0 Å². The number of nitrogens with zero attached hydrogens (tertiary/aromatic N) is 3. The van der Waals surface area contributed by atoms with Crippen LogP contribution < -0.4 is 4.74 Å². The Morgan fingerprint density at radius 3 is 2.35 bits per heavy atom. The summed E-state index contributed by atoms with van der Waals surface area (Å²) in [6, 6.07) is 29.0. The summed E-state index contributed by atoms with van der Waals surface area (Å²) in [5.41, 5.74) is 12.1. The Balaban J connectivity index is 0.00000420. The van der Waals surface area contributed by atoms with E-state index in [2.05, 4.69) is 147 Å². The van der Waals surface area contributed by atoms with Gasteiger partial charge in [-0.05, 0) is 90.8 Å². The minimum absolute atomic E-state index is 0. The van der Waals surface area contributed by atoms with Crippen LogP contribution in [0.2, 0.25) is 0 Å². The van der Waals surface area contributed by atoms with Crippen LogP contribution in [0.3, 0.4) is 0 Å². The maximum atomic E-state index is 6.85. The van der Waals surface area contributed by atoms with Gasteiger partial charge in [-0.1, -0.05) is 107 Å². The topological polar surface area (TPSA) is 48.6 Å². The zero-order chi connectivity index (χ0) is 36.2. The summed E-state index contributed by atoms with van der Waals surface area (Å²) < 4.78 is 15.7. The van der Waals surface area contributed by atoms with Crippen LogP contribution in [-0.2, 0) is 36.6 Å². The summed E-state index contributed by atoms with van der Waals surface area (Å²) in [7, 11) is 0. The van der Waals surface area contributed by atoms with Crippen molar-refractivity contribution in [2.45, 2.75) is 105 Å². The average Bonchev–Trinajstić information content (AvgIpc) is 3.54. The van der Waals surface area contributed by atoms with Crippen LogP contribution in [0.1, 0.15) is 104 Å². The average molecular weight is 869 g/mol. The van der Waals surface area contributed by atoms with Gasteiger partial charge in [0.1, 0.15) is 17.8 Å². The van der Waals surface area contributed by atoms with E-state index in [1.165, 1.54) is 33.4 Å². The zero-order valence-corrected chi connectivity index (χ0v) is 34.4. The molecule has 1 aliphatic heterocycles. The van der Waals surface area contributed by atoms with Crippen LogP contribution in [0.15, 0.2) is 71.9 Å². The van der Waals surface area contributed by atoms with Gasteiger partial charge in [0.2, 0.25) is 0 Å². The third-order valence-corrected chi connectivity index (χ3v) is 10.9. The third-order valence-electron chi connectivity index (χ3n) is 10.9. The number of hydrogen-bond acceptors (Lipinski definition) is 4. The number of pyridine rings is 1. The van der Waals surface area contributed by atoms with Gasteiger partial charge in [0.25, 0.3) is 0 Å². The Hall–Kier alpha value is -4.21. The number of benzene rings is 4. The van der Waals surface area contributed by atoms with Crippen LogP contribution in [-0.4, -0.2) is 21.0 Å². The van der Waals surface area contributed by atoms with E-state index in [1.807, 2.05) is 12.3 Å². The van der Waals surface area contributed by atoms with Crippen LogP contribution in [0.25, 0.3) is 27.6 Å². The first-order valence-corrected chi connectivity index (χ1v) is 18.1. The Labute approximate surface area is 322 Å². The molecule has 0 unspecified atom stereocenters. The van der Waals surface area contributed by atoms with Crippen LogP contribution in [0.4, 0.5) is 0 Å². The van der Waals surface area contributed by atoms with Crippen LogP contribution in [0, 0.1) is 46.8 Å². The van der Waals surface area contributed by atoms with E-state index in [0.29, 0.717) is 17.4 Å². The number of rotatable bonds is 4. The van der Waals surface area contributed by atoms with Crippen molar-refractivity contribution in [3.63, 3.8) is 0 Å². The molecule has 0 N–H and O–H groups in total. The fourth-order valence-corrected chi connectivity index (χ4v) is 8.87. The zero-order valence-electron chi connectivity index (χ0n) is 32.1. The van der Waals surface area contributed by atoms with Crippen molar-refractivity contribution < 1.29 is 30.5 Å². The SMILES string of the molecule is Cc1cc(C)c2c(c1)[C@@H]1OC(c3[c-]c(Oc4[c-]c5c(cc4)c4cc(C)ccc4n5-c4cc(C(C)(C)C)ccn4)c(C)cc3C)=N[C@]1(C)CC2(C)C.[Pt+2]. The van der Waals surface area contributed by atoms with Crippen molar-refractivity contribution in [2.24, 2.45) is 4.99 Å². The van der Waals surface area contributed by atoms with Crippen molar-refractivity contribution in [1.82, 2.24) is 9.55 Å². The molecule has 0 amide bonds. The van der Waals surface area contributed by atoms with E-state index in [-0.39, 0.29) is 43.5 Å². The van der Waals surface area contributed by atoms with Crippen molar-refractivity contribution in [3.05, 3.63) is 129 Å². The van der Waals surface area contributed by atoms with Gasteiger partial charge < -0.3 is 14.0 Å². The number of hydrogen-bond donors (Lipinski definition) is 0. The molecule has 5 nitrogen and oxygen atoms in total. The molecule has 0 saturated heterocycles. The Morgan fingerprint density at radius 1 is 0.827 bits per heavy atom. The smallest absolute Gasteiger partial charge is 0.510 e. The fourth-order valence-electron chi connectivity index (χ4n) is 8.87. The summed E-state index contributed by atoms with van der Waals surface area (Å²) in [6.07, 6.45) is 2.65. The second-order valence-electron chi connectivity index (χ2n) is 16.9. The molecule has 0 radical (unpaired) electrons. The normalized spacial score (nSPS) is 19.1. The summed E-state index contributed by atoms with van der Waals surface area (Å²) in [6.45, 7) is 24.3. The maximum Gasteiger partial charge on any atom is 2.00 e. The van der Waals surface area contributed by atoms with Crippen LogP contribution in [0.5, 0.6) is 11.5 Å². The standard InChI is InChI=1S/C46H47N3O2.Pt/c1-26-12-15-37-35(19-26)33-14-13-32(23-38(33)49(37)40-22-31(16-17-47-40)44(6,7)8)50-39-24-34(28(3)21-29(39)4)43-48-46(11)25-45(9,10)41-30(5)18-27(2)20-36(41)42(46)51-43;/h12-22,42H,25H2,1-11H3;/q-2;+2/t42-,46+;/m0./s1. The molecule has 1 aliphatic carbocycles. The summed E-state index contributed by atoms with van der Waals surface area (Å²) >= 11 is 0. The van der Waals surface area contributed by atoms with Gasteiger partial charge in [-0.2, -0.15) is 6.07 Å². The Morgan fingerprint density at radius 2 is 1.60 bits per heavy atom. The molecule has 0 bridgehead atoms. The largest absolute Gasteiger partial charge is 2.00 e. The maximum absolute atomic E-state index is 6.85. The predicted octanol–water partition coefficient (Wildman–Crippen LogP) is 11.4. The second-order valence-corrected chi connectivity index (χ2v) is 16.9. The Kier molecular flexibility index (Phi) is 8.65. The second kappa shape index (κ2) is 12.4. The number of aryl methyl sites for hydroxylation is 5. The number of aliphatic imine (C=N–C) groups is 1. The van der Waals surface area contributed by atoms with E-state index in [0.717, 1.165) is 50.7 Å². The molecular weight excluding hydrogens is 822 g/mol. The first-order chi connectivity index (χ1) is 24.0. The van der Waals surface area contributed by atoms with Gasteiger partial charge >= 0.3 is 21.1 Å². The van der Waals surface area contributed by atoms with Gasteiger partial charge in [0.15, 0.2) is 0 Å². The number of fused-ring (bicyclic) bond motifs is 6. The first-order valence-electron chi connectivity index (χ1n) is 18.1. The molecule has 8 rings (SSSR count). The summed E-state index contributed by atoms with van der Waals surface area (Å²) in [5.74, 6) is 2.74. The number of aromatic nitrogens is 2. The van der Waals surface area contributed by atoms with E-state index >= 15 is 0 Å².